The van der Waals surface area contributed by atoms with Crippen molar-refractivity contribution >= 4 is 0 Å². The summed E-state index contributed by atoms with van der Waals surface area (Å²) in [4.78, 5) is 0. The van der Waals surface area contributed by atoms with Crippen LogP contribution in [0.5, 0.6) is 0 Å². The van der Waals surface area contributed by atoms with Gasteiger partial charge in [0.05, 0.1) is 0 Å². The van der Waals surface area contributed by atoms with Crippen molar-refractivity contribution in [2.45, 2.75) is 34.1 Å². The van der Waals surface area contributed by atoms with Gasteiger partial charge in [0, 0.05) is 0 Å². The van der Waals surface area contributed by atoms with Crippen LogP contribution in [0.15, 0.2) is 24.3 Å². The lowest BCUT2D eigenvalue weighted by Gasteiger charge is -1.92. The van der Waals surface area contributed by atoms with Gasteiger partial charge in [-0.2, -0.15) is 0 Å². The molecule has 11 heavy (non-hydrogen) atoms. The maximum absolute atomic E-state index is 2.24. The molecule has 0 heteroatoms. The Balaban J connectivity index is 3.41. The summed E-state index contributed by atoms with van der Waals surface area (Å²) in [6.07, 6.45) is 10.0. The lowest BCUT2D eigenvalue weighted by Crippen LogP contribution is -1.77. The van der Waals surface area contributed by atoms with E-state index in [0.717, 1.165) is 6.42 Å². The van der Waals surface area contributed by atoms with Crippen LogP contribution in [0.25, 0.3) is 0 Å². The summed E-state index contributed by atoms with van der Waals surface area (Å²) in [6.45, 7) is 8.79. The van der Waals surface area contributed by atoms with Gasteiger partial charge >= 0.3 is 0 Å². The molecule has 0 N–H and O–H groups in total. The van der Waals surface area contributed by atoms with Crippen LogP contribution >= 0.6 is 0 Å². The first-order valence-electron chi connectivity index (χ1n) is 4.46. The van der Waals surface area contributed by atoms with Crippen molar-refractivity contribution in [3.05, 3.63) is 24.3 Å². The molecule has 0 aromatic rings. The molecule has 64 valence electrons. The van der Waals surface area contributed by atoms with Gasteiger partial charge in [0.2, 0.25) is 0 Å². The van der Waals surface area contributed by atoms with Gasteiger partial charge in [0.15, 0.2) is 0 Å². The summed E-state index contributed by atoms with van der Waals surface area (Å²) in [7, 11) is 0. The van der Waals surface area contributed by atoms with Gasteiger partial charge in [0.1, 0.15) is 0 Å². The molecule has 0 aromatic carbocycles. The molecule has 0 heterocycles. The third kappa shape index (κ3) is 9.48. The third-order valence-electron chi connectivity index (χ3n) is 1.31. The average molecular weight is 152 g/mol. The zero-order chi connectivity index (χ0) is 8.69. The summed E-state index contributed by atoms with van der Waals surface area (Å²) in [5, 5.41) is 0. The van der Waals surface area contributed by atoms with Crippen molar-refractivity contribution < 1.29 is 0 Å². The maximum Gasteiger partial charge on any atom is -0.0169 e. The zero-order valence-electron chi connectivity index (χ0n) is 8.17. The lowest BCUT2D eigenvalue weighted by molar-refractivity contribution is 0.822. The summed E-state index contributed by atoms with van der Waals surface area (Å²) in [6, 6.07) is 0. The van der Waals surface area contributed by atoms with Crippen molar-refractivity contribution in [3.8, 4) is 0 Å². The van der Waals surface area contributed by atoms with Crippen LogP contribution in [-0.4, -0.2) is 0 Å². The minimum atomic E-state index is 0.683. The highest BCUT2D eigenvalue weighted by Crippen LogP contribution is 1.98. The Labute approximate surface area is 71.0 Å². The highest BCUT2D eigenvalue weighted by molar-refractivity contribution is 4.94. The van der Waals surface area contributed by atoms with Crippen LogP contribution in [0.3, 0.4) is 0 Å². The van der Waals surface area contributed by atoms with Gasteiger partial charge in [-0.05, 0) is 18.3 Å². The molecule has 0 spiro atoms. The van der Waals surface area contributed by atoms with Crippen molar-refractivity contribution in [2.24, 2.45) is 11.8 Å². The lowest BCUT2D eigenvalue weighted by atomic mass is 10.1. The largest absolute Gasteiger partial charge is 0.0857 e. The number of allylic oxidation sites excluding steroid dienone is 4. The molecule has 0 bridgehead atoms. The molecule has 0 aliphatic carbocycles. The van der Waals surface area contributed by atoms with Crippen LogP contribution in [0.2, 0.25) is 0 Å². The number of rotatable bonds is 4. The van der Waals surface area contributed by atoms with E-state index in [1.54, 1.807) is 0 Å². The summed E-state index contributed by atoms with van der Waals surface area (Å²) < 4.78 is 0. The number of hydrogen-bond acceptors (Lipinski definition) is 0. The fourth-order valence-electron chi connectivity index (χ4n) is 0.780. The first-order chi connectivity index (χ1) is 5.13. The molecular formula is C11H20. The molecule has 0 aromatic heterocycles. The Morgan fingerprint density at radius 2 is 1.18 bits per heavy atom. The van der Waals surface area contributed by atoms with Crippen LogP contribution in [0.1, 0.15) is 34.1 Å². The Kier molecular flexibility index (Phi) is 5.91. The zero-order valence-corrected chi connectivity index (χ0v) is 8.17. The van der Waals surface area contributed by atoms with Gasteiger partial charge in [-0.15, -0.1) is 0 Å². The molecule has 0 nitrogen and oxygen atoms in total. The molecule has 0 saturated carbocycles. The van der Waals surface area contributed by atoms with E-state index in [0.29, 0.717) is 11.8 Å². The topological polar surface area (TPSA) is 0 Å². The van der Waals surface area contributed by atoms with Crippen LogP contribution < -0.4 is 0 Å². The molecule has 0 radical (unpaired) electrons. The molecule has 0 fully saturated rings. The third-order valence-corrected chi connectivity index (χ3v) is 1.31. The SMILES string of the molecule is CC(C)C=CCC=CC(C)C. The second-order valence-electron chi connectivity index (χ2n) is 3.58. The van der Waals surface area contributed by atoms with Gasteiger partial charge in [-0.3, -0.25) is 0 Å². The van der Waals surface area contributed by atoms with Crippen molar-refractivity contribution in [1.29, 1.82) is 0 Å². The second kappa shape index (κ2) is 6.21. The second-order valence-corrected chi connectivity index (χ2v) is 3.58. The van der Waals surface area contributed by atoms with E-state index in [1.165, 1.54) is 0 Å². The quantitative estimate of drug-likeness (QED) is 0.537. The van der Waals surface area contributed by atoms with Gasteiger partial charge in [-0.1, -0.05) is 52.0 Å². The maximum atomic E-state index is 2.24. The van der Waals surface area contributed by atoms with E-state index in [9.17, 15) is 0 Å². The monoisotopic (exact) mass is 152 g/mol. The van der Waals surface area contributed by atoms with Crippen LogP contribution in [0.4, 0.5) is 0 Å². The Bertz CT molecular complexity index is 111. The van der Waals surface area contributed by atoms with E-state index in [1.807, 2.05) is 0 Å². The Morgan fingerprint density at radius 1 is 0.818 bits per heavy atom. The molecule has 0 saturated heterocycles. The first kappa shape index (κ1) is 10.5. The fourth-order valence-corrected chi connectivity index (χ4v) is 0.780. The van der Waals surface area contributed by atoms with E-state index >= 15 is 0 Å². The highest BCUT2D eigenvalue weighted by Gasteiger charge is 1.82. The van der Waals surface area contributed by atoms with Gasteiger partial charge < -0.3 is 0 Å². The summed E-state index contributed by atoms with van der Waals surface area (Å²) in [5.74, 6) is 1.37. The van der Waals surface area contributed by atoms with Crippen LogP contribution in [-0.2, 0) is 0 Å². The minimum Gasteiger partial charge on any atom is -0.0857 e. The Morgan fingerprint density at radius 3 is 1.45 bits per heavy atom. The fraction of sp³-hybridized carbons (Fsp3) is 0.636. The molecule has 0 amide bonds. The average Bonchev–Trinajstić information content (AvgIpc) is 1.85. The predicted octanol–water partition coefficient (Wildman–Crippen LogP) is 3.80. The molecular weight excluding hydrogens is 132 g/mol. The first-order valence-corrected chi connectivity index (χ1v) is 4.46. The normalized spacial score (nSPS) is 12.9. The summed E-state index contributed by atoms with van der Waals surface area (Å²) in [5.41, 5.74) is 0. The molecule has 0 rings (SSSR count). The molecule has 0 aliphatic rings. The van der Waals surface area contributed by atoms with E-state index in [-0.39, 0.29) is 0 Å². The molecule has 0 atom stereocenters. The van der Waals surface area contributed by atoms with Gasteiger partial charge in [-0.25, -0.2) is 0 Å². The van der Waals surface area contributed by atoms with Crippen LogP contribution in [0, 0.1) is 11.8 Å². The van der Waals surface area contributed by atoms with E-state index in [2.05, 4.69) is 52.0 Å². The van der Waals surface area contributed by atoms with Crippen molar-refractivity contribution in [2.75, 3.05) is 0 Å². The Hall–Kier alpha value is -0.520. The smallest absolute Gasteiger partial charge is 0.0169 e. The molecule has 0 aliphatic heterocycles. The van der Waals surface area contributed by atoms with E-state index < -0.39 is 0 Å². The van der Waals surface area contributed by atoms with Crippen molar-refractivity contribution in [1.82, 2.24) is 0 Å². The minimum absolute atomic E-state index is 0.683. The standard InChI is InChI=1S/C11H20/c1-10(2)8-6-5-7-9-11(3)4/h6-11H,5H2,1-4H3. The van der Waals surface area contributed by atoms with Gasteiger partial charge in [0.25, 0.3) is 0 Å². The summed E-state index contributed by atoms with van der Waals surface area (Å²) >= 11 is 0. The van der Waals surface area contributed by atoms with E-state index in [4.69, 9.17) is 0 Å². The van der Waals surface area contributed by atoms with Crippen molar-refractivity contribution in [3.63, 3.8) is 0 Å². The predicted molar refractivity (Wildman–Crippen MR) is 52.6 cm³/mol. The molecule has 0 unspecified atom stereocenters. The number of hydrogen-bond donors (Lipinski definition) is 0. The highest BCUT2D eigenvalue weighted by atomic mass is 13.9.